The molecule has 0 aromatic heterocycles. The molecule has 1 amide bonds. The van der Waals surface area contributed by atoms with Crippen molar-refractivity contribution >= 4 is 36.4 Å². The minimum atomic E-state index is 0. The molecule has 23 heavy (non-hydrogen) atoms. The first-order chi connectivity index (χ1) is 10.3. The van der Waals surface area contributed by atoms with Gasteiger partial charge in [0.1, 0.15) is 0 Å². The molecule has 2 rings (SSSR count). The maximum absolute atomic E-state index is 11.6. The number of nitrogens with one attached hydrogen (secondary N) is 2. The highest BCUT2D eigenvalue weighted by atomic mass is 35.5. The zero-order chi connectivity index (χ0) is 14.9. The molecule has 1 aromatic rings. The van der Waals surface area contributed by atoms with Gasteiger partial charge >= 0.3 is 0 Å². The van der Waals surface area contributed by atoms with Crippen LogP contribution in [-0.4, -0.2) is 44.0 Å². The lowest BCUT2D eigenvalue weighted by molar-refractivity contribution is -0.116. The van der Waals surface area contributed by atoms with Crippen molar-refractivity contribution in [1.82, 2.24) is 10.2 Å². The van der Waals surface area contributed by atoms with Crippen molar-refractivity contribution in [2.75, 3.05) is 38.5 Å². The van der Waals surface area contributed by atoms with Gasteiger partial charge in [0.05, 0.1) is 0 Å². The number of carbonyl (C=O) groups is 1. The third-order valence-corrected chi connectivity index (χ3v) is 4.01. The Morgan fingerprint density at radius 3 is 2.35 bits per heavy atom. The SMILES string of the molecule is CNCCC(=O)Nc1ccc(CCN2CCCCC2)cc1.Cl.Cl. The summed E-state index contributed by atoms with van der Waals surface area (Å²) in [5.74, 6) is 0.0606. The van der Waals surface area contributed by atoms with E-state index < -0.39 is 0 Å². The molecular formula is C17H29Cl2N3O. The summed E-state index contributed by atoms with van der Waals surface area (Å²) in [6.07, 6.45) is 5.68. The Kier molecular flexibility index (Phi) is 12.1. The van der Waals surface area contributed by atoms with E-state index in [1.165, 1.54) is 37.9 Å². The first kappa shape index (κ1) is 22.2. The van der Waals surface area contributed by atoms with Crippen LogP contribution in [0.1, 0.15) is 31.2 Å². The summed E-state index contributed by atoms with van der Waals surface area (Å²) in [7, 11) is 1.85. The summed E-state index contributed by atoms with van der Waals surface area (Å²) in [6, 6.07) is 8.25. The van der Waals surface area contributed by atoms with Gasteiger partial charge in [-0.3, -0.25) is 4.79 Å². The molecule has 4 nitrogen and oxygen atoms in total. The van der Waals surface area contributed by atoms with Crippen molar-refractivity contribution in [2.24, 2.45) is 0 Å². The predicted octanol–water partition coefficient (Wildman–Crippen LogP) is 3.11. The molecule has 1 heterocycles. The Hall–Kier alpha value is -0.810. The van der Waals surface area contributed by atoms with Gasteiger partial charge in [-0.1, -0.05) is 18.6 Å². The highest BCUT2D eigenvalue weighted by molar-refractivity contribution is 5.90. The monoisotopic (exact) mass is 361 g/mol. The molecule has 2 N–H and O–H groups in total. The van der Waals surface area contributed by atoms with Crippen molar-refractivity contribution in [2.45, 2.75) is 32.1 Å². The lowest BCUT2D eigenvalue weighted by atomic mass is 10.1. The fourth-order valence-electron chi connectivity index (χ4n) is 2.69. The number of carbonyl (C=O) groups excluding carboxylic acids is 1. The molecule has 0 atom stereocenters. The third-order valence-electron chi connectivity index (χ3n) is 4.01. The van der Waals surface area contributed by atoms with Crippen LogP contribution in [0.5, 0.6) is 0 Å². The highest BCUT2D eigenvalue weighted by Crippen LogP contribution is 2.13. The summed E-state index contributed by atoms with van der Waals surface area (Å²) in [5, 5.41) is 5.90. The molecular weight excluding hydrogens is 333 g/mol. The molecule has 0 saturated carbocycles. The zero-order valence-electron chi connectivity index (χ0n) is 13.8. The van der Waals surface area contributed by atoms with Crippen molar-refractivity contribution in [3.63, 3.8) is 0 Å². The number of anilines is 1. The van der Waals surface area contributed by atoms with Crippen LogP contribution in [0, 0.1) is 0 Å². The van der Waals surface area contributed by atoms with E-state index in [2.05, 4.69) is 27.7 Å². The van der Waals surface area contributed by atoms with Gasteiger partial charge < -0.3 is 15.5 Å². The molecule has 0 bridgehead atoms. The quantitative estimate of drug-likeness (QED) is 0.784. The number of rotatable bonds is 7. The maximum atomic E-state index is 11.6. The fraction of sp³-hybridized carbons (Fsp3) is 0.588. The number of benzene rings is 1. The second-order valence-corrected chi connectivity index (χ2v) is 5.75. The van der Waals surface area contributed by atoms with Crippen LogP contribution in [0.25, 0.3) is 0 Å². The minimum absolute atomic E-state index is 0. The highest BCUT2D eigenvalue weighted by Gasteiger charge is 2.09. The van der Waals surface area contributed by atoms with Gasteiger partial charge in [0.2, 0.25) is 5.91 Å². The van der Waals surface area contributed by atoms with Gasteiger partial charge in [0.15, 0.2) is 0 Å². The standard InChI is InChI=1S/C17H27N3O.2ClH/c1-18-11-9-17(21)19-16-7-5-15(6-8-16)10-14-20-12-3-2-4-13-20;;/h5-8,18H,2-4,9-14H2,1H3,(H,19,21);2*1H. The third kappa shape index (κ3) is 8.56. The number of halogens is 2. The summed E-state index contributed by atoms with van der Waals surface area (Å²) in [6.45, 7) is 4.35. The lowest BCUT2D eigenvalue weighted by Gasteiger charge is -2.26. The largest absolute Gasteiger partial charge is 0.326 e. The van der Waals surface area contributed by atoms with Gasteiger partial charge in [0, 0.05) is 25.2 Å². The second-order valence-electron chi connectivity index (χ2n) is 5.75. The van der Waals surface area contributed by atoms with Crippen LogP contribution in [-0.2, 0) is 11.2 Å². The summed E-state index contributed by atoms with van der Waals surface area (Å²) < 4.78 is 0. The minimum Gasteiger partial charge on any atom is -0.326 e. The molecule has 1 fully saturated rings. The summed E-state index contributed by atoms with van der Waals surface area (Å²) in [4.78, 5) is 14.2. The van der Waals surface area contributed by atoms with Crippen LogP contribution in [0.2, 0.25) is 0 Å². The molecule has 0 spiro atoms. The van der Waals surface area contributed by atoms with Crippen molar-refractivity contribution < 1.29 is 4.79 Å². The number of hydrogen-bond donors (Lipinski definition) is 2. The van der Waals surface area contributed by atoms with E-state index >= 15 is 0 Å². The van der Waals surface area contributed by atoms with Gasteiger partial charge in [-0.05, 0) is 57.1 Å². The average molecular weight is 362 g/mol. The molecule has 1 aromatic carbocycles. The Balaban J connectivity index is 0.00000242. The average Bonchev–Trinajstić information content (AvgIpc) is 2.53. The summed E-state index contributed by atoms with van der Waals surface area (Å²) in [5.41, 5.74) is 2.23. The van der Waals surface area contributed by atoms with Gasteiger partial charge in [-0.25, -0.2) is 0 Å². The molecule has 1 aliphatic heterocycles. The van der Waals surface area contributed by atoms with Crippen LogP contribution >= 0.6 is 24.8 Å². The Morgan fingerprint density at radius 2 is 1.74 bits per heavy atom. The van der Waals surface area contributed by atoms with Gasteiger partial charge in [-0.15, -0.1) is 24.8 Å². The Labute approximate surface area is 152 Å². The number of hydrogen-bond acceptors (Lipinski definition) is 3. The van der Waals surface area contributed by atoms with E-state index in [1.54, 1.807) is 0 Å². The Morgan fingerprint density at radius 1 is 1.09 bits per heavy atom. The zero-order valence-corrected chi connectivity index (χ0v) is 15.5. The Bertz CT molecular complexity index is 434. The molecule has 132 valence electrons. The van der Waals surface area contributed by atoms with E-state index in [-0.39, 0.29) is 30.7 Å². The van der Waals surface area contributed by atoms with Crippen LogP contribution in [0.3, 0.4) is 0 Å². The lowest BCUT2D eigenvalue weighted by Crippen LogP contribution is -2.31. The number of nitrogens with zero attached hydrogens (tertiary/aromatic N) is 1. The molecule has 1 aliphatic rings. The van der Waals surface area contributed by atoms with Crippen molar-refractivity contribution in [1.29, 1.82) is 0 Å². The van der Waals surface area contributed by atoms with Crippen LogP contribution in [0.4, 0.5) is 5.69 Å². The molecule has 0 aliphatic carbocycles. The molecule has 6 heteroatoms. The van der Waals surface area contributed by atoms with Gasteiger partial charge in [-0.2, -0.15) is 0 Å². The molecule has 1 saturated heterocycles. The van der Waals surface area contributed by atoms with E-state index in [1.807, 2.05) is 19.2 Å². The van der Waals surface area contributed by atoms with Gasteiger partial charge in [0.25, 0.3) is 0 Å². The van der Waals surface area contributed by atoms with Crippen molar-refractivity contribution in [3.05, 3.63) is 29.8 Å². The first-order valence-electron chi connectivity index (χ1n) is 8.03. The maximum Gasteiger partial charge on any atom is 0.225 e. The number of piperidine rings is 1. The van der Waals surface area contributed by atoms with E-state index in [0.29, 0.717) is 13.0 Å². The molecule has 0 radical (unpaired) electrons. The number of likely N-dealkylation sites (tertiary alicyclic amines) is 1. The summed E-state index contributed by atoms with van der Waals surface area (Å²) >= 11 is 0. The molecule has 0 unspecified atom stereocenters. The van der Waals surface area contributed by atoms with E-state index in [9.17, 15) is 4.79 Å². The first-order valence-corrected chi connectivity index (χ1v) is 8.03. The normalized spacial score (nSPS) is 14.5. The second kappa shape index (κ2) is 12.6. The topological polar surface area (TPSA) is 44.4 Å². The van der Waals surface area contributed by atoms with E-state index in [0.717, 1.165) is 18.7 Å². The smallest absolute Gasteiger partial charge is 0.225 e. The number of amides is 1. The van der Waals surface area contributed by atoms with Crippen LogP contribution < -0.4 is 10.6 Å². The fourth-order valence-corrected chi connectivity index (χ4v) is 2.69. The van der Waals surface area contributed by atoms with Crippen LogP contribution in [0.15, 0.2) is 24.3 Å². The van der Waals surface area contributed by atoms with Crippen molar-refractivity contribution in [3.8, 4) is 0 Å². The predicted molar refractivity (Wildman–Crippen MR) is 102 cm³/mol. The van der Waals surface area contributed by atoms with E-state index in [4.69, 9.17) is 0 Å².